The van der Waals surface area contributed by atoms with Gasteiger partial charge in [-0.25, -0.2) is 0 Å². The van der Waals surface area contributed by atoms with Gasteiger partial charge in [0.25, 0.3) is 0 Å². The van der Waals surface area contributed by atoms with Crippen molar-refractivity contribution in [3.8, 4) is 0 Å². The zero-order valence-electron chi connectivity index (χ0n) is 12.9. The first-order valence-electron chi connectivity index (χ1n) is 7.32. The van der Waals surface area contributed by atoms with Gasteiger partial charge in [-0.05, 0) is 42.0 Å². The molecule has 0 amide bonds. The normalized spacial score (nSPS) is 13.3. The molecule has 18 heavy (non-hydrogen) atoms. The van der Waals surface area contributed by atoms with E-state index in [1.807, 2.05) is 0 Å². The third kappa shape index (κ3) is 3.58. The van der Waals surface area contributed by atoms with Crippen molar-refractivity contribution >= 4 is 0 Å². The summed E-state index contributed by atoms with van der Waals surface area (Å²) in [7, 11) is 2.07. The fraction of sp³-hybridized carbons (Fsp3) is 0.647. The lowest BCUT2D eigenvalue weighted by Crippen LogP contribution is -2.18. The van der Waals surface area contributed by atoms with Crippen molar-refractivity contribution in [3.63, 3.8) is 0 Å². The van der Waals surface area contributed by atoms with Gasteiger partial charge in [0.2, 0.25) is 0 Å². The molecule has 1 atom stereocenters. The molecule has 1 rings (SSSR count). The molecule has 0 aromatic heterocycles. The predicted molar refractivity (Wildman–Crippen MR) is 81.3 cm³/mol. The van der Waals surface area contributed by atoms with Gasteiger partial charge in [-0.15, -0.1) is 0 Å². The standard InChI is InChI=1S/C17H29N/c1-7-8-17(18-6)15-10-9-14(12(2)3)11-16(15)13(4)5/h9-13,17-18H,7-8H2,1-6H3. The third-order valence-corrected chi connectivity index (χ3v) is 3.70. The molecule has 1 N–H and O–H groups in total. The van der Waals surface area contributed by atoms with Gasteiger partial charge >= 0.3 is 0 Å². The molecular formula is C17H29N. The Hall–Kier alpha value is -0.820. The third-order valence-electron chi connectivity index (χ3n) is 3.70. The van der Waals surface area contributed by atoms with Gasteiger partial charge in [0, 0.05) is 6.04 Å². The highest BCUT2D eigenvalue weighted by Crippen LogP contribution is 2.30. The second kappa shape index (κ2) is 6.94. The molecule has 0 aliphatic heterocycles. The van der Waals surface area contributed by atoms with Crippen LogP contribution in [0.15, 0.2) is 18.2 Å². The highest BCUT2D eigenvalue weighted by molar-refractivity contribution is 5.37. The average Bonchev–Trinajstić information content (AvgIpc) is 2.35. The summed E-state index contributed by atoms with van der Waals surface area (Å²) in [6, 6.07) is 7.53. The molecule has 0 radical (unpaired) electrons. The molecule has 0 heterocycles. The van der Waals surface area contributed by atoms with Crippen LogP contribution >= 0.6 is 0 Å². The maximum atomic E-state index is 3.46. The van der Waals surface area contributed by atoms with Crippen molar-refractivity contribution in [2.75, 3.05) is 7.05 Å². The van der Waals surface area contributed by atoms with Gasteiger partial charge in [-0.1, -0.05) is 59.2 Å². The minimum Gasteiger partial charge on any atom is -0.313 e. The molecule has 1 aromatic carbocycles. The molecule has 0 aliphatic rings. The van der Waals surface area contributed by atoms with Crippen LogP contribution < -0.4 is 5.32 Å². The van der Waals surface area contributed by atoms with Crippen LogP contribution in [0.1, 0.15) is 82.0 Å². The zero-order valence-corrected chi connectivity index (χ0v) is 12.9. The Morgan fingerprint density at radius 2 is 1.67 bits per heavy atom. The van der Waals surface area contributed by atoms with Gasteiger partial charge in [-0.3, -0.25) is 0 Å². The van der Waals surface area contributed by atoms with Crippen LogP contribution in [-0.4, -0.2) is 7.05 Å². The minimum atomic E-state index is 0.494. The van der Waals surface area contributed by atoms with Crippen LogP contribution in [0, 0.1) is 0 Å². The first kappa shape index (κ1) is 15.2. The monoisotopic (exact) mass is 247 g/mol. The van der Waals surface area contributed by atoms with Crippen molar-refractivity contribution < 1.29 is 0 Å². The van der Waals surface area contributed by atoms with Crippen LogP contribution in [-0.2, 0) is 0 Å². The molecule has 0 fully saturated rings. The largest absolute Gasteiger partial charge is 0.313 e. The molecule has 1 nitrogen and oxygen atoms in total. The smallest absolute Gasteiger partial charge is 0.0320 e. The molecule has 1 aromatic rings. The van der Waals surface area contributed by atoms with Gasteiger partial charge < -0.3 is 5.32 Å². The van der Waals surface area contributed by atoms with E-state index in [1.54, 1.807) is 0 Å². The minimum absolute atomic E-state index is 0.494. The molecule has 0 spiro atoms. The molecule has 102 valence electrons. The van der Waals surface area contributed by atoms with Gasteiger partial charge in [0.05, 0.1) is 0 Å². The SMILES string of the molecule is CCCC(NC)c1ccc(C(C)C)cc1C(C)C. The summed E-state index contributed by atoms with van der Waals surface area (Å²) in [6.45, 7) is 11.4. The maximum absolute atomic E-state index is 3.46. The number of nitrogens with one attached hydrogen (secondary N) is 1. The van der Waals surface area contributed by atoms with Crippen LogP contribution in [0.25, 0.3) is 0 Å². The van der Waals surface area contributed by atoms with E-state index >= 15 is 0 Å². The van der Waals surface area contributed by atoms with Gasteiger partial charge in [0.1, 0.15) is 0 Å². The summed E-state index contributed by atoms with van der Waals surface area (Å²) < 4.78 is 0. The fourth-order valence-corrected chi connectivity index (χ4v) is 2.51. The summed E-state index contributed by atoms with van der Waals surface area (Å²) in [5, 5.41) is 3.46. The number of rotatable bonds is 6. The summed E-state index contributed by atoms with van der Waals surface area (Å²) in [6.07, 6.45) is 2.42. The van der Waals surface area contributed by atoms with E-state index in [9.17, 15) is 0 Å². The topological polar surface area (TPSA) is 12.0 Å². The van der Waals surface area contributed by atoms with E-state index in [-0.39, 0.29) is 0 Å². The number of hydrogen-bond donors (Lipinski definition) is 1. The highest BCUT2D eigenvalue weighted by atomic mass is 14.9. The van der Waals surface area contributed by atoms with Crippen LogP contribution in [0.4, 0.5) is 0 Å². The lowest BCUT2D eigenvalue weighted by Gasteiger charge is -2.23. The summed E-state index contributed by atoms with van der Waals surface area (Å²) in [5.41, 5.74) is 4.45. The Bertz CT molecular complexity index is 366. The lowest BCUT2D eigenvalue weighted by atomic mass is 9.87. The first-order chi connectivity index (χ1) is 8.51. The number of hydrogen-bond acceptors (Lipinski definition) is 1. The van der Waals surface area contributed by atoms with Crippen LogP contribution in [0.3, 0.4) is 0 Å². The molecular weight excluding hydrogens is 218 g/mol. The number of benzene rings is 1. The van der Waals surface area contributed by atoms with Crippen molar-refractivity contribution in [1.82, 2.24) is 5.32 Å². The fourth-order valence-electron chi connectivity index (χ4n) is 2.51. The maximum Gasteiger partial charge on any atom is 0.0320 e. The molecule has 0 aliphatic carbocycles. The Kier molecular flexibility index (Phi) is 5.87. The second-order valence-electron chi connectivity index (χ2n) is 5.83. The average molecular weight is 247 g/mol. The van der Waals surface area contributed by atoms with E-state index in [1.165, 1.54) is 29.5 Å². The zero-order chi connectivity index (χ0) is 13.7. The molecule has 0 saturated carbocycles. The quantitative estimate of drug-likeness (QED) is 0.746. The van der Waals surface area contributed by atoms with Crippen molar-refractivity contribution in [2.24, 2.45) is 0 Å². The van der Waals surface area contributed by atoms with E-state index < -0.39 is 0 Å². The van der Waals surface area contributed by atoms with E-state index in [4.69, 9.17) is 0 Å². The van der Waals surface area contributed by atoms with Gasteiger partial charge in [0.15, 0.2) is 0 Å². The van der Waals surface area contributed by atoms with Crippen molar-refractivity contribution in [3.05, 3.63) is 34.9 Å². The summed E-state index contributed by atoms with van der Waals surface area (Å²) in [5.74, 6) is 1.20. The van der Waals surface area contributed by atoms with Crippen molar-refractivity contribution in [1.29, 1.82) is 0 Å². The molecule has 0 bridgehead atoms. The van der Waals surface area contributed by atoms with E-state index in [0.717, 1.165) is 0 Å². The van der Waals surface area contributed by atoms with Gasteiger partial charge in [-0.2, -0.15) is 0 Å². The predicted octanol–water partition coefficient (Wildman–Crippen LogP) is 4.99. The van der Waals surface area contributed by atoms with E-state index in [2.05, 4.69) is 65.2 Å². The van der Waals surface area contributed by atoms with E-state index in [0.29, 0.717) is 17.9 Å². The summed E-state index contributed by atoms with van der Waals surface area (Å²) >= 11 is 0. The highest BCUT2D eigenvalue weighted by Gasteiger charge is 2.16. The Balaban J connectivity index is 3.17. The molecule has 1 heteroatoms. The summed E-state index contributed by atoms with van der Waals surface area (Å²) in [4.78, 5) is 0. The molecule has 1 unspecified atom stereocenters. The first-order valence-corrected chi connectivity index (χ1v) is 7.32. The van der Waals surface area contributed by atoms with Crippen LogP contribution in [0.5, 0.6) is 0 Å². The lowest BCUT2D eigenvalue weighted by molar-refractivity contribution is 0.534. The Labute approximate surface area is 113 Å². The molecule has 0 saturated heterocycles. The Morgan fingerprint density at radius 3 is 2.11 bits per heavy atom. The Morgan fingerprint density at radius 1 is 1.00 bits per heavy atom. The van der Waals surface area contributed by atoms with Crippen molar-refractivity contribution in [2.45, 2.75) is 65.3 Å². The second-order valence-corrected chi connectivity index (χ2v) is 5.83. The van der Waals surface area contributed by atoms with Crippen LogP contribution in [0.2, 0.25) is 0 Å².